The molecule has 1 aliphatic heterocycles. The average Bonchev–Trinajstić information content (AvgIpc) is 2.49. The molecule has 146 valence electrons. The van der Waals surface area contributed by atoms with E-state index in [0.717, 1.165) is 6.54 Å². The van der Waals surface area contributed by atoms with Gasteiger partial charge in [0, 0.05) is 37.3 Å². The van der Waals surface area contributed by atoms with Crippen LogP contribution in [-0.2, 0) is 4.79 Å². The third-order valence-corrected chi connectivity index (χ3v) is 4.80. The predicted octanol–water partition coefficient (Wildman–Crippen LogP) is 3.96. The lowest BCUT2D eigenvalue weighted by molar-refractivity contribution is -0.117. The quantitative estimate of drug-likeness (QED) is 0.805. The summed E-state index contributed by atoms with van der Waals surface area (Å²) >= 11 is 6.26. The first-order valence-electron chi connectivity index (χ1n) is 8.72. The fourth-order valence-corrected chi connectivity index (χ4v) is 3.15. The Balaban J connectivity index is 0.00000338. The molecule has 2 atom stereocenters. The van der Waals surface area contributed by atoms with Gasteiger partial charge >= 0.3 is 0 Å². The minimum atomic E-state index is -0.0993. The van der Waals surface area contributed by atoms with E-state index in [4.69, 9.17) is 11.6 Å². The molecule has 1 heterocycles. The molecule has 0 radical (unpaired) electrons. The van der Waals surface area contributed by atoms with Crippen molar-refractivity contribution < 1.29 is 9.59 Å². The van der Waals surface area contributed by atoms with Gasteiger partial charge in [-0.15, -0.1) is 12.4 Å². The largest absolute Gasteiger partial charge is 0.333 e. The van der Waals surface area contributed by atoms with Gasteiger partial charge in [-0.3, -0.25) is 9.59 Å². The standard InChI is InChI=1S/C19H28ClN3O2.ClH/c1-12-13(2)23(9-8-21-12)18(25)15-10-14(6-7-16(15)20)22-17(24)11-19(3,4)5;/h6-7,10,12-13,21H,8-9,11H2,1-5H3,(H,22,24);1H. The zero-order valence-electron chi connectivity index (χ0n) is 16.1. The number of nitrogens with zero attached hydrogens (tertiary/aromatic N) is 1. The second kappa shape index (κ2) is 9.07. The van der Waals surface area contributed by atoms with Gasteiger partial charge in [-0.2, -0.15) is 0 Å². The fourth-order valence-electron chi connectivity index (χ4n) is 2.95. The molecule has 2 amide bonds. The van der Waals surface area contributed by atoms with Gasteiger partial charge in [0.1, 0.15) is 0 Å². The Kier molecular flexibility index (Phi) is 7.93. The number of nitrogens with one attached hydrogen (secondary N) is 2. The van der Waals surface area contributed by atoms with Gasteiger partial charge in [0.05, 0.1) is 10.6 Å². The highest BCUT2D eigenvalue weighted by atomic mass is 35.5. The van der Waals surface area contributed by atoms with E-state index in [2.05, 4.69) is 17.6 Å². The Morgan fingerprint density at radius 3 is 2.58 bits per heavy atom. The smallest absolute Gasteiger partial charge is 0.255 e. The molecule has 1 saturated heterocycles. The Morgan fingerprint density at radius 1 is 1.31 bits per heavy atom. The van der Waals surface area contributed by atoms with Crippen LogP contribution in [0.25, 0.3) is 0 Å². The maximum absolute atomic E-state index is 12.9. The molecule has 0 aromatic heterocycles. The molecule has 2 N–H and O–H groups in total. The van der Waals surface area contributed by atoms with Crippen molar-refractivity contribution in [3.05, 3.63) is 28.8 Å². The molecule has 2 rings (SSSR count). The summed E-state index contributed by atoms with van der Waals surface area (Å²) in [6.45, 7) is 11.5. The summed E-state index contributed by atoms with van der Waals surface area (Å²) in [6.07, 6.45) is 0.408. The van der Waals surface area contributed by atoms with E-state index in [0.29, 0.717) is 29.2 Å². The molecule has 26 heavy (non-hydrogen) atoms. The summed E-state index contributed by atoms with van der Waals surface area (Å²) in [5.41, 5.74) is 0.927. The van der Waals surface area contributed by atoms with Crippen LogP contribution in [0.5, 0.6) is 0 Å². The average molecular weight is 402 g/mol. The van der Waals surface area contributed by atoms with Crippen molar-refractivity contribution in [2.24, 2.45) is 5.41 Å². The number of amides is 2. The molecular weight excluding hydrogens is 373 g/mol. The Morgan fingerprint density at radius 2 is 1.96 bits per heavy atom. The number of anilines is 1. The van der Waals surface area contributed by atoms with Gasteiger partial charge in [-0.25, -0.2) is 0 Å². The fraction of sp³-hybridized carbons (Fsp3) is 0.579. The molecule has 0 bridgehead atoms. The molecule has 2 unspecified atom stereocenters. The highest BCUT2D eigenvalue weighted by molar-refractivity contribution is 6.34. The zero-order chi connectivity index (χ0) is 18.8. The van der Waals surface area contributed by atoms with Crippen LogP contribution in [0.2, 0.25) is 5.02 Å². The Hall–Kier alpha value is -1.30. The van der Waals surface area contributed by atoms with Gasteiger partial charge in [-0.1, -0.05) is 32.4 Å². The molecule has 1 fully saturated rings. The van der Waals surface area contributed by atoms with Crippen LogP contribution in [-0.4, -0.2) is 41.9 Å². The van der Waals surface area contributed by atoms with Crippen molar-refractivity contribution in [1.82, 2.24) is 10.2 Å². The molecule has 1 aromatic carbocycles. The Bertz CT molecular complexity index is 659. The minimum Gasteiger partial charge on any atom is -0.333 e. The normalized spacial score (nSPS) is 20.3. The van der Waals surface area contributed by atoms with Crippen LogP contribution in [0.1, 0.15) is 51.4 Å². The summed E-state index contributed by atoms with van der Waals surface area (Å²) in [7, 11) is 0. The van der Waals surface area contributed by atoms with Gasteiger partial charge < -0.3 is 15.5 Å². The van der Waals surface area contributed by atoms with E-state index in [1.54, 1.807) is 18.2 Å². The van der Waals surface area contributed by atoms with E-state index >= 15 is 0 Å². The van der Waals surface area contributed by atoms with Crippen molar-refractivity contribution in [2.45, 2.75) is 53.1 Å². The topological polar surface area (TPSA) is 61.4 Å². The second-order valence-corrected chi connectivity index (χ2v) is 8.37. The summed E-state index contributed by atoms with van der Waals surface area (Å²) in [5, 5.41) is 6.62. The number of carbonyl (C=O) groups excluding carboxylic acids is 2. The van der Waals surface area contributed by atoms with Gasteiger partial charge in [0.15, 0.2) is 0 Å². The monoisotopic (exact) mass is 401 g/mol. The molecule has 5 nitrogen and oxygen atoms in total. The highest BCUT2D eigenvalue weighted by Crippen LogP contribution is 2.25. The number of hydrogen-bond acceptors (Lipinski definition) is 3. The third kappa shape index (κ3) is 5.86. The number of carbonyl (C=O) groups is 2. The van der Waals surface area contributed by atoms with Crippen LogP contribution in [0.4, 0.5) is 5.69 Å². The third-order valence-electron chi connectivity index (χ3n) is 4.47. The van der Waals surface area contributed by atoms with Crippen LogP contribution < -0.4 is 10.6 Å². The number of hydrogen-bond donors (Lipinski definition) is 2. The molecule has 7 heteroatoms. The summed E-state index contributed by atoms with van der Waals surface area (Å²) in [4.78, 5) is 26.9. The molecular formula is C19H29Cl2N3O2. The van der Waals surface area contributed by atoms with E-state index in [9.17, 15) is 9.59 Å². The van der Waals surface area contributed by atoms with Crippen molar-refractivity contribution in [2.75, 3.05) is 18.4 Å². The van der Waals surface area contributed by atoms with E-state index in [-0.39, 0.29) is 41.7 Å². The van der Waals surface area contributed by atoms with Crippen molar-refractivity contribution in [3.8, 4) is 0 Å². The Labute approximate surface area is 167 Å². The van der Waals surface area contributed by atoms with Gasteiger partial charge in [0.25, 0.3) is 5.91 Å². The lowest BCUT2D eigenvalue weighted by Crippen LogP contribution is -2.57. The molecule has 0 spiro atoms. The maximum Gasteiger partial charge on any atom is 0.255 e. The lowest BCUT2D eigenvalue weighted by atomic mass is 9.92. The maximum atomic E-state index is 12.9. The zero-order valence-corrected chi connectivity index (χ0v) is 17.6. The number of halogens is 2. The van der Waals surface area contributed by atoms with Crippen molar-refractivity contribution in [3.63, 3.8) is 0 Å². The van der Waals surface area contributed by atoms with Gasteiger partial charge in [-0.05, 0) is 37.5 Å². The molecule has 0 saturated carbocycles. The van der Waals surface area contributed by atoms with E-state index in [1.807, 2.05) is 32.6 Å². The van der Waals surface area contributed by atoms with Crippen LogP contribution in [0.15, 0.2) is 18.2 Å². The first-order valence-corrected chi connectivity index (χ1v) is 9.10. The minimum absolute atomic E-state index is 0. The number of rotatable bonds is 3. The molecule has 0 aliphatic carbocycles. The van der Waals surface area contributed by atoms with Crippen LogP contribution in [0.3, 0.4) is 0 Å². The van der Waals surface area contributed by atoms with Crippen LogP contribution in [0, 0.1) is 5.41 Å². The summed E-state index contributed by atoms with van der Waals surface area (Å²) in [6, 6.07) is 5.37. The summed E-state index contributed by atoms with van der Waals surface area (Å²) in [5.74, 6) is -0.171. The van der Waals surface area contributed by atoms with Crippen molar-refractivity contribution in [1.29, 1.82) is 0 Å². The van der Waals surface area contributed by atoms with Crippen molar-refractivity contribution >= 4 is 41.5 Å². The van der Waals surface area contributed by atoms with Crippen LogP contribution >= 0.6 is 24.0 Å². The van der Waals surface area contributed by atoms with Gasteiger partial charge in [0.2, 0.25) is 5.91 Å². The lowest BCUT2D eigenvalue weighted by Gasteiger charge is -2.38. The highest BCUT2D eigenvalue weighted by Gasteiger charge is 2.30. The molecule has 1 aliphatic rings. The van der Waals surface area contributed by atoms with E-state index in [1.165, 1.54) is 0 Å². The first-order chi connectivity index (χ1) is 11.6. The summed E-state index contributed by atoms with van der Waals surface area (Å²) < 4.78 is 0. The van der Waals surface area contributed by atoms with E-state index < -0.39 is 0 Å². The second-order valence-electron chi connectivity index (χ2n) is 7.96. The SMILES string of the molecule is CC1NCCN(C(=O)c2cc(NC(=O)CC(C)(C)C)ccc2Cl)C1C.Cl. The predicted molar refractivity (Wildman–Crippen MR) is 109 cm³/mol. The first kappa shape index (κ1) is 22.7. The number of benzene rings is 1. The molecule has 1 aromatic rings. The number of piperazine rings is 1.